The number of piperazine rings is 1. The number of nitrogens with one attached hydrogen (secondary N) is 1. The van der Waals surface area contributed by atoms with Gasteiger partial charge in [0.25, 0.3) is 0 Å². The third kappa shape index (κ3) is 3.46. The van der Waals surface area contributed by atoms with Gasteiger partial charge in [-0.25, -0.2) is 0 Å². The van der Waals surface area contributed by atoms with Gasteiger partial charge in [-0.05, 0) is 19.8 Å². The van der Waals surface area contributed by atoms with Crippen LogP contribution in [0.2, 0.25) is 0 Å². The Morgan fingerprint density at radius 3 is 2.69 bits per heavy atom. The highest BCUT2D eigenvalue weighted by Crippen LogP contribution is 2.23. The summed E-state index contributed by atoms with van der Waals surface area (Å²) in [4.78, 5) is 13.2. The summed E-state index contributed by atoms with van der Waals surface area (Å²) in [7, 11) is 0. The molecule has 1 aliphatic rings. The van der Waals surface area contributed by atoms with Crippen molar-refractivity contribution in [2.24, 2.45) is 5.92 Å². The maximum Gasteiger partial charge on any atom is 0.304 e. The monoisotopic (exact) mass is 228 g/mol. The fourth-order valence-electron chi connectivity index (χ4n) is 2.42. The van der Waals surface area contributed by atoms with Crippen molar-refractivity contribution in [2.75, 3.05) is 19.6 Å². The van der Waals surface area contributed by atoms with E-state index in [1.54, 1.807) is 0 Å². The molecule has 0 amide bonds. The fraction of sp³-hybridized carbons (Fsp3) is 0.917. The molecule has 0 aliphatic carbocycles. The van der Waals surface area contributed by atoms with Gasteiger partial charge < -0.3 is 10.4 Å². The van der Waals surface area contributed by atoms with Crippen LogP contribution < -0.4 is 5.32 Å². The molecule has 2 N–H and O–H groups in total. The molecule has 1 saturated heterocycles. The summed E-state index contributed by atoms with van der Waals surface area (Å²) in [6.45, 7) is 11.4. The van der Waals surface area contributed by atoms with Crippen LogP contribution in [0.1, 0.15) is 34.1 Å². The standard InChI is InChI=1S/C12H24N2O2/c1-9(2)7-14-10(5-11(15)16)6-13-8-12(14,3)4/h9-10,13H,5-8H2,1-4H3,(H,15,16). The van der Waals surface area contributed by atoms with E-state index in [9.17, 15) is 4.79 Å². The van der Waals surface area contributed by atoms with Crippen LogP contribution in [0.25, 0.3) is 0 Å². The highest BCUT2D eigenvalue weighted by molar-refractivity contribution is 5.67. The van der Waals surface area contributed by atoms with Crippen molar-refractivity contribution < 1.29 is 9.90 Å². The van der Waals surface area contributed by atoms with E-state index < -0.39 is 5.97 Å². The number of rotatable bonds is 4. The minimum absolute atomic E-state index is 0.0443. The average molecular weight is 228 g/mol. The molecule has 0 radical (unpaired) electrons. The second-order valence-electron chi connectivity index (χ2n) is 5.74. The van der Waals surface area contributed by atoms with Gasteiger partial charge in [-0.3, -0.25) is 9.69 Å². The van der Waals surface area contributed by atoms with Crippen molar-refractivity contribution in [3.05, 3.63) is 0 Å². The Morgan fingerprint density at radius 1 is 1.56 bits per heavy atom. The molecule has 0 spiro atoms. The van der Waals surface area contributed by atoms with Crippen LogP contribution >= 0.6 is 0 Å². The quantitative estimate of drug-likeness (QED) is 0.758. The van der Waals surface area contributed by atoms with Gasteiger partial charge in [-0.1, -0.05) is 13.8 Å². The molecule has 0 bridgehead atoms. The van der Waals surface area contributed by atoms with Gasteiger partial charge in [-0.15, -0.1) is 0 Å². The third-order valence-electron chi connectivity index (χ3n) is 3.13. The summed E-state index contributed by atoms with van der Waals surface area (Å²) < 4.78 is 0. The van der Waals surface area contributed by atoms with Crippen LogP contribution in [-0.2, 0) is 4.79 Å². The maximum atomic E-state index is 10.9. The van der Waals surface area contributed by atoms with E-state index in [0.717, 1.165) is 19.6 Å². The van der Waals surface area contributed by atoms with Crippen LogP contribution in [-0.4, -0.2) is 47.2 Å². The number of carbonyl (C=O) groups is 1. The van der Waals surface area contributed by atoms with E-state index in [0.29, 0.717) is 5.92 Å². The predicted octanol–water partition coefficient (Wildman–Crippen LogP) is 1.17. The first-order valence-electron chi connectivity index (χ1n) is 6.02. The zero-order valence-electron chi connectivity index (χ0n) is 10.8. The molecule has 0 aromatic carbocycles. The highest BCUT2D eigenvalue weighted by Gasteiger charge is 2.37. The molecule has 1 fully saturated rings. The fourth-order valence-corrected chi connectivity index (χ4v) is 2.42. The zero-order valence-corrected chi connectivity index (χ0v) is 10.8. The molecule has 1 atom stereocenters. The minimum Gasteiger partial charge on any atom is -0.481 e. The van der Waals surface area contributed by atoms with E-state index in [1.165, 1.54) is 0 Å². The number of aliphatic carboxylic acids is 1. The largest absolute Gasteiger partial charge is 0.481 e. The van der Waals surface area contributed by atoms with Gasteiger partial charge in [0.15, 0.2) is 0 Å². The SMILES string of the molecule is CC(C)CN1C(CC(=O)O)CNCC1(C)C. The summed E-state index contributed by atoms with van der Waals surface area (Å²) in [5.74, 6) is -0.146. The van der Waals surface area contributed by atoms with E-state index in [1.807, 2.05) is 0 Å². The Bertz CT molecular complexity index is 251. The molecule has 1 heterocycles. The number of hydrogen-bond acceptors (Lipinski definition) is 3. The molecule has 1 unspecified atom stereocenters. The Balaban J connectivity index is 2.75. The third-order valence-corrected chi connectivity index (χ3v) is 3.13. The first-order chi connectivity index (χ1) is 7.33. The second-order valence-corrected chi connectivity index (χ2v) is 5.74. The number of carboxylic acid groups (broad SMARTS) is 1. The lowest BCUT2D eigenvalue weighted by atomic mass is 9.93. The maximum absolute atomic E-state index is 10.9. The van der Waals surface area contributed by atoms with Crippen LogP contribution in [0.5, 0.6) is 0 Å². The van der Waals surface area contributed by atoms with Crippen LogP contribution in [0.4, 0.5) is 0 Å². The second kappa shape index (κ2) is 5.15. The van der Waals surface area contributed by atoms with E-state index >= 15 is 0 Å². The first kappa shape index (κ1) is 13.5. The summed E-state index contributed by atoms with van der Waals surface area (Å²) in [5, 5.41) is 12.3. The van der Waals surface area contributed by atoms with Crippen LogP contribution in [0, 0.1) is 5.92 Å². The molecule has 1 rings (SSSR count). The predicted molar refractivity (Wildman–Crippen MR) is 64.5 cm³/mol. The summed E-state index contributed by atoms with van der Waals surface area (Å²) in [5.41, 5.74) is 0.0443. The number of carboxylic acids is 1. The zero-order chi connectivity index (χ0) is 12.3. The molecule has 0 aromatic rings. The molecule has 1 aliphatic heterocycles. The lowest BCUT2D eigenvalue weighted by Crippen LogP contribution is -2.63. The molecule has 94 valence electrons. The van der Waals surface area contributed by atoms with Gasteiger partial charge >= 0.3 is 5.97 Å². The summed E-state index contributed by atoms with van der Waals surface area (Å²) in [6.07, 6.45) is 0.225. The topological polar surface area (TPSA) is 52.6 Å². The van der Waals surface area contributed by atoms with Crippen LogP contribution in [0.3, 0.4) is 0 Å². The van der Waals surface area contributed by atoms with E-state index in [4.69, 9.17) is 5.11 Å². The molecule has 4 nitrogen and oxygen atoms in total. The molecule has 16 heavy (non-hydrogen) atoms. The molecule has 4 heteroatoms. The average Bonchev–Trinajstić information content (AvgIpc) is 2.09. The van der Waals surface area contributed by atoms with E-state index in [2.05, 4.69) is 37.9 Å². The Labute approximate surface area is 98.0 Å². The minimum atomic E-state index is -0.710. The van der Waals surface area contributed by atoms with Crippen molar-refractivity contribution in [3.8, 4) is 0 Å². The normalized spacial score (nSPS) is 25.9. The van der Waals surface area contributed by atoms with Crippen molar-refractivity contribution >= 4 is 5.97 Å². The van der Waals surface area contributed by atoms with Gasteiger partial charge in [0.1, 0.15) is 0 Å². The van der Waals surface area contributed by atoms with Gasteiger partial charge in [0.05, 0.1) is 6.42 Å². The molecule has 0 aromatic heterocycles. The van der Waals surface area contributed by atoms with Gasteiger partial charge in [-0.2, -0.15) is 0 Å². The summed E-state index contributed by atoms with van der Waals surface area (Å²) >= 11 is 0. The van der Waals surface area contributed by atoms with E-state index in [-0.39, 0.29) is 18.0 Å². The van der Waals surface area contributed by atoms with Crippen molar-refractivity contribution in [1.82, 2.24) is 10.2 Å². The Hall–Kier alpha value is -0.610. The van der Waals surface area contributed by atoms with Gasteiger partial charge in [0.2, 0.25) is 0 Å². The number of nitrogens with zero attached hydrogens (tertiary/aromatic N) is 1. The molecular weight excluding hydrogens is 204 g/mol. The van der Waals surface area contributed by atoms with Gasteiger partial charge in [0, 0.05) is 31.2 Å². The first-order valence-corrected chi connectivity index (χ1v) is 6.02. The molecular formula is C12H24N2O2. The van der Waals surface area contributed by atoms with Crippen molar-refractivity contribution in [2.45, 2.75) is 45.7 Å². The van der Waals surface area contributed by atoms with Crippen molar-refractivity contribution in [3.63, 3.8) is 0 Å². The Morgan fingerprint density at radius 2 is 2.19 bits per heavy atom. The van der Waals surface area contributed by atoms with Crippen LogP contribution in [0.15, 0.2) is 0 Å². The summed E-state index contributed by atoms with van der Waals surface area (Å²) in [6, 6.07) is 0.114. The lowest BCUT2D eigenvalue weighted by Gasteiger charge is -2.48. The number of hydrogen-bond donors (Lipinski definition) is 2. The molecule has 0 saturated carbocycles. The smallest absolute Gasteiger partial charge is 0.304 e. The highest BCUT2D eigenvalue weighted by atomic mass is 16.4. The lowest BCUT2D eigenvalue weighted by molar-refractivity contribution is -0.139. The Kier molecular flexibility index (Phi) is 4.33. The van der Waals surface area contributed by atoms with Crippen molar-refractivity contribution in [1.29, 1.82) is 0 Å².